The summed E-state index contributed by atoms with van der Waals surface area (Å²) in [6, 6.07) is 3.53. The maximum atomic E-state index is 14.1. The number of aryl methyl sites for hydroxylation is 1. The molecule has 0 unspecified atom stereocenters. The number of hydrogen-bond acceptors (Lipinski definition) is 4. The van der Waals surface area contributed by atoms with Crippen LogP contribution in [0.1, 0.15) is 11.3 Å². The average molecular weight is 444 g/mol. The van der Waals surface area contributed by atoms with Crippen LogP contribution in [0.2, 0.25) is 0 Å². The first-order valence-corrected chi connectivity index (χ1v) is 7.75. The molecule has 1 aromatic carbocycles. The molecular weight excluding hydrogens is 435 g/mol. The van der Waals surface area contributed by atoms with Gasteiger partial charge < -0.3 is 5.73 Å². The maximum Gasteiger partial charge on any atom is 0.506 e. The molecule has 0 aliphatic heterocycles. The van der Waals surface area contributed by atoms with E-state index >= 15 is 0 Å². The van der Waals surface area contributed by atoms with Gasteiger partial charge in [0.1, 0.15) is 5.69 Å². The van der Waals surface area contributed by atoms with Gasteiger partial charge in [-0.2, -0.15) is 31.7 Å². The third-order valence-electron chi connectivity index (χ3n) is 3.96. The lowest BCUT2D eigenvalue weighted by atomic mass is 10.1. The van der Waals surface area contributed by atoms with E-state index in [9.17, 15) is 39.5 Å². The van der Waals surface area contributed by atoms with Crippen molar-refractivity contribution in [3.63, 3.8) is 0 Å². The lowest BCUT2D eigenvalue weighted by Crippen LogP contribution is -2.35. The first-order valence-electron chi connectivity index (χ1n) is 7.75. The topological polar surface area (TPSA) is 74.5 Å². The van der Waals surface area contributed by atoms with Crippen molar-refractivity contribution < 1.29 is 39.5 Å². The maximum absolute atomic E-state index is 14.1. The van der Waals surface area contributed by atoms with E-state index in [-0.39, 0.29) is 15.9 Å². The number of aromatic nitrogens is 5. The molecule has 15 heteroatoms. The molecule has 0 saturated heterocycles. The van der Waals surface area contributed by atoms with Gasteiger partial charge in [0.05, 0.1) is 23.1 Å². The van der Waals surface area contributed by atoms with Gasteiger partial charge in [0.15, 0.2) is 11.6 Å². The van der Waals surface area contributed by atoms with Crippen molar-refractivity contribution >= 4 is 5.69 Å². The van der Waals surface area contributed by atoms with E-state index in [0.717, 1.165) is 12.1 Å². The monoisotopic (exact) mass is 444 g/mol. The van der Waals surface area contributed by atoms with Crippen molar-refractivity contribution in [3.8, 4) is 17.1 Å². The summed E-state index contributed by atoms with van der Waals surface area (Å²) in [4.78, 5) is 0. The second kappa shape index (κ2) is 6.63. The van der Waals surface area contributed by atoms with E-state index < -0.39 is 51.7 Å². The van der Waals surface area contributed by atoms with Gasteiger partial charge in [-0.05, 0) is 19.1 Å². The van der Waals surface area contributed by atoms with Gasteiger partial charge in [-0.15, -0.1) is 18.3 Å². The van der Waals surface area contributed by atoms with Crippen molar-refractivity contribution in [3.05, 3.63) is 41.5 Å². The Labute approximate surface area is 160 Å². The number of alkyl halides is 8. The number of nitrogens with two attached hydrogens (primary N) is 1. The van der Waals surface area contributed by atoms with Crippen LogP contribution in [0.4, 0.5) is 45.2 Å². The molecule has 0 amide bonds. The van der Waals surface area contributed by atoms with E-state index in [1.165, 1.54) is 6.07 Å². The summed E-state index contributed by atoms with van der Waals surface area (Å²) in [5.74, 6) is -8.49. The van der Waals surface area contributed by atoms with Gasteiger partial charge in [-0.3, -0.25) is 0 Å². The van der Waals surface area contributed by atoms with E-state index in [1.807, 2.05) is 0 Å². The van der Waals surface area contributed by atoms with Gasteiger partial charge in [0.25, 0.3) is 0 Å². The second-order valence-corrected chi connectivity index (χ2v) is 5.99. The van der Waals surface area contributed by atoms with Crippen molar-refractivity contribution in [1.82, 2.24) is 24.8 Å². The Bertz CT molecular complexity index is 1090. The van der Waals surface area contributed by atoms with Gasteiger partial charge in [0.2, 0.25) is 0 Å². The number of hydrogen-bond donors (Lipinski definition) is 1. The average Bonchev–Trinajstić information content (AvgIpc) is 3.20. The molecule has 2 aromatic heterocycles. The molecule has 3 rings (SSSR count). The number of benzene rings is 1. The summed E-state index contributed by atoms with van der Waals surface area (Å²) < 4.78 is 120. The van der Waals surface area contributed by atoms with E-state index in [1.54, 1.807) is 0 Å². The van der Waals surface area contributed by atoms with Crippen LogP contribution >= 0.6 is 0 Å². The van der Waals surface area contributed by atoms with Crippen LogP contribution in [0.5, 0.6) is 0 Å². The molecule has 6 nitrogen and oxygen atoms in total. The van der Waals surface area contributed by atoms with Crippen molar-refractivity contribution in [2.75, 3.05) is 5.73 Å². The van der Waals surface area contributed by atoms with Crippen LogP contribution in [0.25, 0.3) is 17.1 Å². The summed E-state index contributed by atoms with van der Waals surface area (Å²) >= 11 is 0. The minimum Gasteiger partial charge on any atom is -0.396 e. The Morgan fingerprint density at radius 2 is 1.63 bits per heavy atom. The highest BCUT2D eigenvalue weighted by Crippen LogP contribution is 2.48. The van der Waals surface area contributed by atoms with Crippen LogP contribution in [0.3, 0.4) is 0 Å². The van der Waals surface area contributed by atoms with E-state index in [4.69, 9.17) is 5.73 Å². The minimum atomic E-state index is -6.23. The molecular formula is C15H9F9N6. The fourth-order valence-corrected chi connectivity index (χ4v) is 2.65. The summed E-state index contributed by atoms with van der Waals surface area (Å²) in [5, 5.41) is 9.32. The van der Waals surface area contributed by atoms with Crippen LogP contribution < -0.4 is 5.73 Å². The molecule has 0 aliphatic rings. The molecule has 0 spiro atoms. The highest BCUT2D eigenvalue weighted by atomic mass is 19.4. The zero-order valence-electron chi connectivity index (χ0n) is 14.5. The van der Waals surface area contributed by atoms with Crippen molar-refractivity contribution in [1.29, 1.82) is 0 Å². The SMILES string of the molecule is Cc1nn(C(F)(F)F)c(-n2cc(-c3cccc(N)c3F)nn2)c1C(F)(F)C(F)(F)F. The Morgan fingerprint density at radius 3 is 2.20 bits per heavy atom. The van der Waals surface area contributed by atoms with Crippen LogP contribution in [0.15, 0.2) is 24.4 Å². The predicted molar refractivity (Wildman–Crippen MR) is 82.9 cm³/mol. The lowest BCUT2D eigenvalue weighted by molar-refractivity contribution is -0.289. The smallest absolute Gasteiger partial charge is 0.396 e. The van der Waals surface area contributed by atoms with E-state index in [0.29, 0.717) is 13.1 Å². The fraction of sp³-hybridized carbons (Fsp3) is 0.267. The number of nitrogens with zero attached hydrogens (tertiary/aromatic N) is 5. The van der Waals surface area contributed by atoms with Crippen molar-refractivity contribution in [2.24, 2.45) is 0 Å². The Balaban J connectivity index is 2.29. The molecule has 2 N–H and O–H groups in total. The molecule has 162 valence electrons. The summed E-state index contributed by atoms with van der Waals surface area (Å²) in [6.07, 6.45) is -11.2. The van der Waals surface area contributed by atoms with Crippen molar-refractivity contribution in [2.45, 2.75) is 25.3 Å². The van der Waals surface area contributed by atoms with Crippen LogP contribution in [-0.4, -0.2) is 31.0 Å². The number of rotatable bonds is 3. The normalized spacial score (nSPS) is 13.1. The largest absolute Gasteiger partial charge is 0.506 e. The highest BCUT2D eigenvalue weighted by molar-refractivity contribution is 5.64. The number of halogens is 9. The molecule has 0 bridgehead atoms. The second-order valence-electron chi connectivity index (χ2n) is 5.99. The summed E-state index contributed by atoms with van der Waals surface area (Å²) in [5.41, 5.74) is 0.877. The summed E-state index contributed by atoms with van der Waals surface area (Å²) in [7, 11) is 0. The first kappa shape index (κ1) is 21.4. The molecule has 2 heterocycles. The zero-order valence-corrected chi connectivity index (χ0v) is 14.5. The zero-order chi connectivity index (χ0) is 22.6. The fourth-order valence-electron chi connectivity index (χ4n) is 2.65. The minimum absolute atomic E-state index is 0.0143. The first-order chi connectivity index (χ1) is 13.7. The Kier molecular flexibility index (Phi) is 4.74. The third kappa shape index (κ3) is 3.33. The van der Waals surface area contributed by atoms with E-state index in [2.05, 4.69) is 15.4 Å². The Morgan fingerprint density at radius 1 is 1.00 bits per heavy atom. The highest BCUT2D eigenvalue weighted by Gasteiger charge is 2.62. The Hall–Kier alpha value is -3.26. The van der Waals surface area contributed by atoms with Gasteiger partial charge in [-0.1, -0.05) is 11.3 Å². The standard InChI is InChI=1S/C15H9F9N6/c1-6-10(13(17,18)14(19,20)21)12(30(27-6)15(22,23)24)29-5-9(26-28-29)7-3-2-4-8(25)11(7)16/h2-5H,25H2,1H3. The van der Waals surface area contributed by atoms with Gasteiger partial charge in [0, 0.05) is 5.56 Å². The van der Waals surface area contributed by atoms with Crippen LogP contribution in [0, 0.1) is 12.7 Å². The molecule has 30 heavy (non-hydrogen) atoms. The van der Waals surface area contributed by atoms with Crippen LogP contribution in [-0.2, 0) is 12.2 Å². The number of anilines is 1. The third-order valence-corrected chi connectivity index (χ3v) is 3.96. The molecule has 0 aliphatic carbocycles. The molecule has 0 radical (unpaired) electrons. The lowest BCUT2D eigenvalue weighted by Gasteiger charge is -2.21. The van der Waals surface area contributed by atoms with Gasteiger partial charge in [-0.25, -0.2) is 9.07 Å². The predicted octanol–water partition coefficient (Wildman–Crippen LogP) is 4.29. The summed E-state index contributed by atoms with van der Waals surface area (Å²) in [6.45, 7) is 0.552. The number of nitrogen functional groups attached to an aromatic ring is 1. The molecule has 0 saturated carbocycles. The molecule has 0 atom stereocenters. The van der Waals surface area contributed by atoms with Gasteiger partial charge >= 0.3 is 18.4 Å². The molecule has 0 fully saturated rings. The molecule has 3 aromatic rings. The quantitative estimate of drug-likeness (QED) is 0.483.